The molecule has 0 radical (unpaired) electrons. The van der Waals surface area contributed by atoms with E-state index in [1.807, 2.05) is 0 Å². The van der Waals surface area contributed by atoms with Crippen LogP contribution in [0, 0.1) is 0 Å². The lowest BCUT2D eigenvalue weighted by molar-refractivity contribution is -0.137. The Bertz CT molecular complexity index is 1060. The fourth-order valence-electron chi connectivity index (χ4n) is 3.15. The number of sulfonamides is 1. The third-order valence-corrected chi connectivity index (χ3v) is 5.83. The van der Waals surface area contributed by atoms with Crippen molar-refractivity contribution in [2.45, 2.75) is 25.2 Å². The van der Waals surface area contributed by atoms with Gasteiger partial charge in [0.2, 0.25) is 15.9 Å². The number of amides is 1. The van der Waals surface area contributed by atoms with Crippen LogP contribution < -0.4 is 19.1 Å². The number of hydrogen-bond donors (Lipinski definition) is 1. The lowest BCUT2D eigenvalue weighted by Crippen LogP contribution is -2.50. The number of halogens is 3. The lowest BCUT2D eigenvalue weighted by atomic mass is 10.1. The van der Waals surface area contributed by atoms with Crippen molar-refractivity contribution in [3.05, 3.63) is 54.1 Å². The summed E-state index contributed by atoms with van der Waals surface area (Å²) in [6.07, 6.45) is -4.34. The first-order chi connectivity index (χ1) is 14.5. The minimum absolute atomic E-state index is 0.0255. The SMILES string of the molecule is CC(C(=O)NCC1COc2ccccc2O1)N(c1cccc(C(F)(F)F)c1)S(C)(=O)=O. The molecule has 11 heteroatoms. The molecule has 0 spiro atoms. The Labute approximate surface area is 177 Å². The number of benzene rings is 2. The van der Waals surface area contributed by atoms with Gasteiger partial charge in [-0.25, -0.2) is 8.42 Å². The second-order valence-electron chi connectivity index (χ2n) is 7.03. The van der Waals surface area contributed by atoms with Crippen molar-refractivity contribution < 1.29 is 35.9 Å². The standard InChI is InChI=1S/C20H21F3N2O5S/c1-13(19(26)24-11-16-12-29-17-8-3-4-9-18(17)30-16)25(31(2,27)28)15-7-5-6-14(10-15)20(21,22)23/h3-10,13,16H,11-12H2,1-2H3,(H,24,26). The first-order valence-electron chi connectivity index (χ1n) is 9.29. The number of nitrogens with one attached hydrogen (secondary N) is 1. The molecular weight excluding hydrogens is 437 g/mol. The van der Waals surface area contributed by atoms with Crippen LogP contribution in [-0.4, -0.2) is 45.9 Å². The van der Waals surface area contributed by atoms with Gasteiger partial charge < -0.3 is 14.8 Å². The van der Waals surface area contributed by atoms with Crippen molar-refractivity contribution in [1.29, 1.82) is 0 Å². The summed E-state index contributed by atoms with van der Waals surface area (Å²) in [5.41, 5.74) is -1.27. The highest BCUT2D eigenvalue weighted by Crippen LogP contribution is 2.33. The molecule has 2 aromatic rings. The molecular formula is C20H21F3N2O5S. The highest BCUT2D eigenvalue weighted by Gasteiger charge is 2.34. The van der Waals surface area contributed by atoms with Gasteiger partial charge in [-0.05, 0) is 37.3 Å². The molecule has 1 amide bonds. The largest absolute Gasteiger partial charge is 0.486 e. The topological polar surface area (TPSA) is 84.9 Å². The number of ether oxygens (including phenoxy) is 2. The van der Waals surface area contributed by atoms with Gasteiger partial charge in [0.1, 0.15) is 18.8 Å². The van der Waals surface area contributed by atoms with Gasteiger partial charge in [-0.15, -0.1) is 0 Å². The van der Waals surface area contributed by atoms with E-state index in [4.69, 9.17) is 9.47 Å². The summed E-state index contributed by atoms with van der Waals surface area (Å²) in [5.74, 6) is 0.402. The minimum Gasteiger partial charge on any atom is -0.486 e. The normalized spacial score (nSPS) is 17.0. The number of rotatable bonds is 6. The van der Waals surface area contributed by atoms with E-state index >= 15 is 0 Å². The smallest absolute Gasteiger partial charge is 0.416 e. The van der Waals surface area contributed by atoms with Gasteiger partial charge >= 0.3 is 6.18 Å². The molecule has 1 N–H and O–H groups in total. The zero-order chi connectivity index (χ0) is 22.8. The zero-order valence-corrected chi connectivity index (χ0v) is 17.5. The Morgan fingerprint density at radius 3 is 2.52 bits per heavy atom. The molecule has 0 saturated heterocycles. The van der Waals surface area contributed by atoms with E-state index in [9.17, 15) is 26.4 Å². The summed E-state index contributed by atoms with van der Waals surface area (Å²) in [6, 6.07) is 9.53. The van der Waals surface area contributed by atoms with Crippen LogP contribution in [-0.2, 0) is 21.0 Å². The van der Waals surface area contributed by atoms with Crippen molar-refractivity contribution in [2.75, 3.05) is 23.7 Å². The van der Waals surface area contributed by atoms with Gasteiger partial charge in [0.05, 0.1) is 24.1 Å². The maximum atomic E-state index is 13.0. The quantitative estimate of drug-likeness (QED) is 0.720. The molecule has 168 valence electrons. The van der Waals surface area contributed by atoms with Crippen LogP contribution in [0.1, 0.15) is 12.5 Å². The van der Waals surface area contributed by atoms with E-state index in [0.717, 1.165) is 18.4 Å². The number of alkyl halides is 3. The minimum atomic E-state index is -4.65. The number of nitrogens with zero attached hydrogens (tertiary/aromatic N) is 1. The van der Waals surface area contributed by atoms with Gasteiger partial charge in [0.15, 0.2) is 11.5 Å². The second kappa shape index (κ2) is 8.66. The van der Waals surface area contributed by atoms with E-state index in [1.54, 1.807) is 24.3 Å². The average Bonchev–Trinajstić information content (AvgIpc) is 2.70. The maximum Gasteiger partial charge on any atom is 0.416 e. The van der Waals surface area contributed by atoms with Crippen molar-refractivity contribution in [1.82, 2.24) is 5.32 Å². The van der Waals surface area contributed by atoms with Crippen molar-refractivity contribution in [3.63, 3.8) is 0 Å². The predicted molar refractivity (Wildman–Crippen MR) is 108 cm³/mol. The molecule has 0 fully saturated rings. The molecule has 1 aliphatic rings. The lowest BCUT2D eigenvalue weighted by Gasteiger charge is -2.30. The van der Waals surface area contributed by atoms with E-state index in [1.165, 1.54) is 13.0 Å². The number of carbonyl (C=O) groups excluding carboxylic acids is 1. The predicted octanol–water partition coefficient (Wildman–Crippen LogP) is 2.82. The highest BCUT2D eigenvalue weighted by molar-refractivity contribution is 7.92. The third kappa shape index (κ3) is 5.40. The van der Waals surface area contributed by atoms with Gasteiger partial charge in [-0.1, -0.05) is 18.2 Å². The molecule has 1 heterocycles. The molecule has 2 aromatic carbocycles. The molecule has 1 aliphatic heterocycles. The number of para-hydroxylation sites is 2. The molecule has 0 aliphatic carbocycles. The Hall–Kier alpha value is -2.95. The Balaban J connectivity index is 1.72. The summed E-state index contributed by atoms with van der Waals surface area (Å²) >= 11 is 0. The van der Waals surface area contributed by atoms with Crippen molar-refractivity contribution in [3.8, 4) is 11.5 Å². The van der Waals surface area contributed by atoms with E-state index in [0.29, 0.717) is 21.9 Å². The maximum absolute atomic E-state index is 13.0. The molecule has 31 heavy (non-hydrogen) atoms. The monoisotopic (exact) mass is 458 g/mol. The Morgan fingerprint density at radius 1 is 1.19 bits per heavy atom. The van der Waals surface area contributed by atoms with Crippen molar-refractivity contribution >= 4 is 21.6 Å². The number of carbonyl (C=O) groups is 1. The molecule has 0 saturated carbocycles. The number of anilines is 1. The first kappa shape index (κ1) is 22.7. The van der Waals surface area contributed by atoms with Crippen LogP contribution in [0.4, 0.5) is 18.9 Å². The van der Waals surface area contributed by atoms with Crippen LogP contribution in [0.25, 0.3) is 0 Å². The Morgan fingerprint density at radius 2 is 1.87 bits per heavy atom. The summed E-state index contributed by atoms with van der Waals surface area (Å²) < 4.78 is 75.7. The summed E-state index contributed by atoms with van der Waals surface area (Å²) in [6.45, 7) is 1.50. The van der Waals surface area contributed by atoms with Gasteiger partial charge in [-0.2, -0.15) is 13.2 Å². The van der Waals surface area contributed by atoms with Crippen LogP contribution in [0.15, 0.2) is 48.5 Å². The number of hydrogen-bond acceptors (Lipinski definition) is 5. The van der Waals surface area contributed by atoms with Gasteiger partial charge in [0.25, 0.3) is 0 Å². The average molecular weight is 458 g/mol. The van der Waals surface area contributed by atoms with E-state index in [2.05, 4.69) is 5.32 Å². The molecule has 0 bridgehead atoms. The summed E-state index contributed by atoms with van der Waals surface area (Å²) in [4.78, 5) is 12.6. The molecule has 2 atom stereocenters. The van der Waals surface area contributed by atoms with Crippen LogP contribution in [0.3, 0.4) is 0 Å². The van der Waals surface area contributed by atoms with E-state index < -0.39 is 39.8 Å². The van der Waals surface area contributed by atoms with Crippen LogP contribution >= 0.6 is 0 Å². The summed E-state index contributed by atoms with van der Waals surface area (Å²) in [7, 11) is -4.06. The first-order valence-corrected chi connectivity index (χ1v) is 11.1. The molecule has 0 aromatic heterocycles. The zero-order valence-electron chi connectivity index (χ0n) is 16.7. The van der Waals surface area contributed by atoms with Gasteiger partial charge in [0, 0.05) is 0 Å². The molecule has 7 nitrogen and oxygen atoms in total. The molecule has 3 rings (SSSR count). The highest BCUT2D eigenvalue weighted by atomic mass is 32.2. The fourth-order valence-corrected chi connectivity index (χ4v) is 4.32. The number of fused-ring (bicyclic) bond motifs is 1. The van der Waals surface area contributed by atoms with Gasteiger partial charge in [-0.3, -0.25) is 9.10 Å². The molecule has 2 unspecified atom stereocenters. The van der Waals surface area contributed by atoms with Crippen LogP contribution in [0.2, 0.25) is 0 Å². The fraction of sp³-hybridized carbons (Fsp3) is 0.350. The Kier molecular flexibility index (Phi) is 6.35. The second-order valence-corrected chi connectivity index (χ2v) is 8.89. The summed E-state index contributed by atoms with van der Waals surface area (Å²) in [5, 5.41) is 2.58. The van der Waals surface area contributed by atoms with Crippen LogP contribution in [0.5, 0.6) is 11.5 Å². The van der Waals surface area contributed by atoms with Crippen molar-refractivity contribution in [2.24, 2.45) is 0 Å². The van der Waals surface area contributed by atoms with E-state index in [-0.39, 0.29) is 18.8 Å². The third-order valence-electron chi connectivity index (χ3n) is 4.59.